The number of carbonyl (C=O) groups is 1. The normalized spacial score (nSPS) is 17.2. The summed E-state index contributed by atoms with van der Waals surface area (Å²) in [6.45, 7) is 6.77. The first kappa shape index (κ1) is 18.3. The van der Waals surface area contributed by atoms with E-state index in [2.05, 4.69) is 37.4 Å². The zero-order chi connectivity index (χ0) is 18.4. The van der Waals surface area contributed by atoms with Crippen LogP contribution in [-0.4, -0.2) is 46.5 Å². The number of aryl methyl sites for hydroxylation is 2. The smallest absolute Gasteiger partial charge is 0.239 e. The van der Waals surface area contributed by atoms with Gasteiger partial charge < -0.3 is 15.5 Å². The summed E-state index contributed by atoms with van der Waals surface area (Å²) in [5.74, 6) is 1.78. The van der Waals surface area contributed by atoms with Crippen molar-refractivity contribution in [2.75, 3.05) is 24.5 Å². The van der Waals surface area contributed by atoms with E-state index in [9.17, 15) is 4.79 Å². The number of anilines is 1. The van der Waals surface area contributed by atoms with Crippen LogP contribution in [0.25, 0.3) is 0 Å². The summed E-state index contributed by atoms with van der Waals surface area (Å²) in [6, 6.07) is 5.56. The van der Waals surface area contributed by atoms with Gasteiger partial charge >= 0.3 is 0 Å². The van der Waals surface area contributed by atoms with Crippen molar-refractivity contribution in [1.29, 1.82) is 0 Å². The molecule has 2 aromatic heterocycles. The summed E-state index contributed by atoms with van der Waals surface area (Å²) in [7, 11) is 0. The number of pyridine rings is 1. The molecular weight excluding hydrogens is 328 g/mol. The van der Waals surface area contributed by atoms with Crippen molar-refractivity contribution >= 4 is 11.7 Å². The van der Waals surface area contributed by atoms with Gasteiger partial charge in [0.2, 0.25) is 5.91 Å². The van der Waals surface area contributed by atoms with Gasteiger partial charge in [0.1, 0.15) is 17.7 Å². The summed E-state index contributed by atoms with van der Waals surface area (Å²) in [4.78, 5) is 27.9. The molecule has 1 fully saturated rings. The summed E-state index contributed by atoms with van der Waals surface area (Å²) >= 11 is 0. The SMILES string of the molecule is CCCc1nc(C)cc(N2CCN[C@H](C(=O)NCc3cccnc3)C2)n1. The molecule has 138 valence electrons. The number of aromatic nitrogens is 3. The van der Waals surface area contributed by atoms with Gasteiger partial charge in [-0.1, -0.05) is 13.0 Å². The van der Waals surface area contributed by atoms with E-state index in [1.807, 2.05) is 25.1 Å². The Morgan fingerprint density at radius 2 is 2.31 bits per heavy atom. The predicted octanol–water partition coefficient (Wildman–Crippen LogP) is 1.23. The Morgan fingerprint density at radius 3 is 3.08 bits per heavy atom. The molecule has 0 radical (unpaired) electrons. The molecule has 0 aromatic carbocycles. The van der Waals surface area contributed by atoms with Gasteiger partial charge in [-0.25, -0.2) is 9.97 Å². The molecule has 0 aliphatic carbocycles. The van der Waals surface area contributed by atoms with E-state index < -0.39 is 0 Å². The van der Waals surface area contributed by atoms with Gasteiger partial charge in [-0.15, -0.1) is 0 Å². The monoisotopic (exact) mass is 354 g/mol. The summed E-state index contributed by atoms with van der Waals surface area (Å²) in [6.07, 6.45) is 5.38. The van der Waals surface area contributed by atoms with Crippen molar-refractivity contribution in [2.45, 2.75) is 39.3 Å². The van der Waals surface area contributed by atoms with E-state index in [0.29, 0.717) is 13.1 Å². The lowest BCUT2D eigenvalue weighted by molar-refractivity contribution is -0.123. The second-order valence-electron chi connectivity index (χ2n) is 6.57. The molecule has 7 heteroatoms. The molecule has 26 heavy (non-hydrogen) atoms. The third kappa shape index (κ3) is 4.76. The molecule has 1 aliphatic rings. The molecular formula is C19H26N6O. The van der Waals surface area contributed by atoms with Crippen LogP contribution >= 0.6 is 0 Å². The second kappa shape index (κ2) is 8.71. The molecule has 3 heterocycles. The number of piperazine rings is 1. The fraction of sp³-hybridized carbons (Fsp3) is 0.474. The van der Waals surface area contributed by atoms with Crippen molar-refractivity contribution in [3.8, 4) is 0 Å². The summed E-state index contributed by atoms with van der Waals surface area (Å²) in [5.41, 5.74) is 1.96. The number of carbonyl (C=O) groups excluding carboxylic acids is 1. The maximum absolute atomic E-state index is 12.5. The zero-order valence-corrected chi connectivity index (χ0v) is 15.4. The number of hydrogen-bond donors (Lipinski definition) is 2. The highest BCUT2D eigenvalue weighted by atomic mass is 16.2. The van der Waals surface area contributed by atoms with Gasteiger partial charge in [0, 0.05) is 56.8 Å². The van der Waals surface area contributed by atoms with E-state index in [-0.39, 0.29) is 11.9 Å². The van der Waals surface area contributed by atoms with Crippen LogP contribution in [0.15, 0.2) is 30.6 Å². The largest absolute Gasteiger partial charge is 0.353 e. The van der Waals surface area contributed by atoms with Crippen LogP contribution < -0.4 is 15.5 Å². The quantitative estimate of drug-likeness (QED) is 0.812. The molecule has 1 aliphatic heterocycles. The number of nitrogens with zero attached hydrogens (tertiary/aromatic N) is 4. The standard InChI is InChI=1S/C19H26N6O/c1-3-5-17-23-14(2)10-18(24-17)25-9-8-21-16(13-25)19(26)22-12-15-6-4-7-20-11-15/h4,6-7,10-11,16,21H,3,5,8-9,12-13H2,1-2H3,(H,22,26)/t16-/m0/s1. The first-order valence-electron chi connectivity index (χ1n) is 9.15. The topological polar surface area (TPSA) is 83.0 Å². The Bertz CT molecular complexity index is 736. The first-order chi connectivity index (χ1) is 12.7. The molecule has 2 N–H and O–H groups in total. The molecule has 1 amide bonds. The van der Waals surface area contributed by atoms with Crippen molar-refractivity contribution in [1.82, 2.24) is 25.6 Å². The lowest BCUT2D eigenvalue weighted by atomic mass is 10.2. The molecule has 1 saturated heterocycles. The van der Waals surface area contributed by atoms with E-state index in [1.165, 1.54) is 0 Å². The Kier molecular flexibility index (Phi) is 6.12. The van der Waals surface area contributed by atoms with Crippen molar-refractivity contribution in [3.05, 3.63) is 47.7 Å². The average molecular weight is 354 g/mol. The molecule has 0 saturated carbocycles. The van der Waals surface area contributed by atoms with Gasteiger partial charge in [-0.05, 0) is 25.0 Å². The minimum atomic E-state index is -0.259. The Morgan fingerprint density at radius 1 is 1.42 bits per heavy atom. The van der Waals surface area contributed by atoms with Crippen LogP contribution in [0.1, 0.15) is 30.4 Å². The van der Waals surface area contributed by atoms with Crippen LogP contribution in [0.3, 0.4) is 0 Å². The van der Waals surface area contributed by atoms with E-state index in [1.54, 1.807) is 12.4 Å². The molecule has 0 spiro atoms. The lowest BCUT2D eigenvalue weighted by Gasteiger charge is -2.34. The summed E-state index contributed by atoms with van der Waals surface area (Å²) < 4.78 is 0. The fourth-order valence-electron chi connectivity index (χ4n) is 3.06. The first-order valence-corrected chi connectivity index (χ1v) is 9.15. The average Bonchev–Trinajstić information content (AvgIpc) is 2.67. The molecule has 7 nitrogen and oxygen atoms in total. The minimum Gasteiger partial charge on any atom is -0.353 e. The zero-order valence-electron chi connectivity index (χ0n) is 15.4. The van der Waals surface area contributed by atoms with Crippen LogP contribution in [-0.2, 0) is 17.8 Å². The number of amides is 1. The third-order valence-corrected chi connectivity index (χ3v) is 4.37. The van der Waals surface area contributed by atoms with Crippen LogP contribution in [0.4, 0.5) is 5.82 Å². The van der Waals surface area contributed by atoms with Crippen LogP contribution in [0, 0.1) is 6.92 Å². The second-order valence-corrected chi connectivity index (χ2v) is 6.57. The maximum atomic E-state index is 12.5. The highest BCUT2D eigenvalue weighted by Gasteiger charge is 2.26. The van der Waals surface area contributed by atoms with Gasteiger partial charge in [-0.2, -0.15) is 0 Å². The summed E-state index contributed by atoms with van der Waals surface area (Å²) in [5, 5.41) is 6.28. The molecule has 2 aromatic rings. The minimum absolute atomic E-state index is 0.00175. The highest BCUT2D eigenvalue weighted by Crippen LogP contribution is 2.15. The Labute approximate surface area is 154 Å². The van der Waals surface area contributed by atoms with Gasteiger partial charge in [0.15, 0.2) is 0 Å². The van der Waals surface area contributed by atoms with E-state index in [0.717, 1.165) is 48.8 Å². The van der Waals surface area contributed by atoms with Crippen LogP contribution in [0.5, 0.6) is 0 Å². The van der Waals surface area contributed by atoms with Crippen molar-refractivity contribution < 1.29 is 4.79 Å². The van der Waals surface area contributed by atoms with E-state index >= 15 is 0 Å². The van der Waals surface area contributed by atoms with Gasteiger partial charge in [0.25, 0.3) is 0 Å². The third-order valence-electron chi connectivity index (χ3n) is 4.37. The Hall–Kier alpha value is -2.54. The maximum Gasteiger partial charge on any atom is 0.239 e. The lowest BCUT2D eigenvalue weighted by Crippen LogP contribution is -2.57. The van der Waals surface area contributed by atoms with Gasteiger partial charge in [0.05, 0.1) is 0 Å². The predicted molar refractivity (Wildman–Crippen MR) is 101 cm³/mol. The molecule has 0 bridgehead atoms. The fourth-order valence-corrected chi connectivity index (χ4v) is 3.06. The van der Waals surface area contributed by atoms with Crippen molar-refractivity contribution in [3.63, 3.8) is 0 Å². The molecule has 0 unspecified atom stereocenters. The molecule has 1 atom stereocenters. The van der Waals surface area contributed by atoms with Crippen molar-refractivity contribution in [2.24, 2.45) is 0 Å². The highest BCUT2D eigenvalue weighted by molar-refractivity contribution is 5.82. The number of rotatable bonds is 6. The Balaban J connectivity index is 1.62. The van der Waals surface area contributed by atoms with Gasteiger partial charge in [-0.3, -0.25) is 9.78 Å². The van der Waals surface area contributed by atoms with Crippen LogP contribution in [0.2, 0.25) is 0 Å². The molecule has 3 rings (SSSR count). The number of nitrogens with one attached hydrogen (secondary N) is 2. The number of hydrogen-bond acceptors (Lipinski definition) is 6. The van der Waals surface area contributed by atoms with E-state index in [4.69, 9.17) is 0 Å².